The van der Waals surface area contributed by atoms with Crippen molar-refractivity contribution in [1.82, 2.24) is 19.7 Å². The van der Waals surface area contributed by atoms with Gasteiger partial charge in [0.1, 0.15) is 24.4 Å². The lowest BCUT2D eigenvalue weighted by molar-refractivity contribution is -0.121. The lowest BCUT2D eigenvalue weighted by atomic mass is 9.99. The number of hydrogen-bond acceptors (Lipinski definition) is 5. The first-order chi connectivity index (χ1) is 14.7. The van der Waals surface area contributed by atoms with E-state index in [-0.39, 0.29) is 11.8 Å². The average Bonchev–Trinajstić information content (AvgIpc) is 3.34. The summed E-state index contributed by atoms with van der Waals surface area (Å²) < 4.78 is 7.15. The molecule has 154 valence electrons. The molecule has 0 aliphatic carbocycles. The third-order valence-corrected chi connectivity index (χ3v) is 5.24. The summed E-state index contributed by atoms with van der Waals surface area (Å²) in [5, 5.41) is 10.6. The molecular formula is C22H23N5O3. The number of anilines is 1. The summed E-state index contributed by atoms with van der Waals surface area (Å²) in [6.07, 6.45) is 5.56. The molecule has 3 aromatic rings. The number of ether oxygens (including phenoxy) is 1. The fourth-order valence-corrected chi connectivity index (χ4v) is 3.70. The van der Waals surface area contributed by atoms with Gasteiger partial charge in [-0.3, -0.25) is 14.2 Å². The Balaban J connectivity index is 1.57. The van der Waals surface area contributed by atoms with Gasteiger partial charge in [0.2, 0.25) is 5.91 Å². The van der Waals surface area contributed by atoms with Gasteiger partial charge >= 0.3 is 0 Å². The Morgan fingerprint density at radius 3 is 2.57 bits per heavy atom. The summed E-state index contributed by atoms with van der Waals surface area (Å²) in [5.41, 5.74) is 1.91. The van der Waals surface area contributed by atoms with E-state index in [1.807, 2.05) is 24.3 Å². The molecule has 1 fully saturated rings. The summed E-state index contributed by atoms with van der Waals surface area (Å²) in [4.78, 5) is 27.9. The molecule has 2 amide bonds. The van der Waals surface area contributed by atoms with Crippen molar-refractivity contribution in [3.05, 3.63) is 66.7 Å². The second-order valence-corrected chi connectivity index (χ2v) is 7.12. The fraction of sp³-hybridized carbons (Fsp3) is 0.273. The molecular weight excluding hydrogens is 382 g/mol. The zero-order chi connectivity index (χ0) is 20.9. The molecule has 0 radical (unpaired) electrons. The highest BCUT2D eigenvalue weighted by molar-refractivity contribution is 6.02. The molecule has 1 aromatic heterocycles. The molecule has 2 aromatic carbocycles. The second kappa shape index (κ2) is 8.77. The van der Waals surface area contributed by atoms with Crippen molar-refractivity contribution in [2.45, 2.75) is 25.3 Å². The van der Waals surface area contributed by atoms with E-state index >= 15 is 0 Å². The Bertz CT molecular complexity index is 1020. The van der Waals surface area contributed by atoms with E-state index in [1.54, 1.807) is 53.5 Å². The molecule has 1 aliphatic rings. The zero-order valence-electron chi connectivity index (χ0n) is 16.7. The Morgan fingerprint density at radius 1 is 1.07 bits per heavy atom. The predicted octanol–water partition coefficient (Wildman–Crippen LogP) is 2.91. The minimum atomic E-state index is -0.533. The monoisotopic (exact) mass is 405 g/mol. The molecule has 1 aliphatic heterocycles. The minimum absolute atomic E-state index is 0.124. The number of nitrogens with zero attached hydrogens (tertiary/aromatic N) is 4. The van der Waals surface area contributed by atoms with Gasteiger partial charge in [-0.05, 0) is 49.6 Å². The lowest BCUT2D eigenvalue weighted by Gasteiger charge is -2.35. The van der Waals surface area contributed by atoms with Gasteiger partial charge in [-0.25, -0.2) is 0 Å². The highest BCUT2D eigenvalue weighted by Crippen LogP contribution is 2.29. The number of hydrogen-bond donors (Lipinski definition) is 1. The lowest BCUT2D eigenvalue weighted by Crippen LogP contribution is -2.50. The number of amides is 2. The van der Waals surface area contributed by atoms with Crippen molar-refractivity contribution >= 4 is 17.5 Å². The number of carbonyl (C=O) groups excluding carboxylic acids is 2. The van der Waals surface area contributed by atoms with Gasteiger partial charge in [-0.2, -0.15) is 0 Å². The zero-order valence-corrected chi connectivity index (χ0v) is 16.7. The molecule has 4 rings (SSSR count). The molecule has 30 heavy (non-hydrogen) atoms. The first kappa shape index (κ1) is 19.6. The largest absolute Gasteiger partial charge is 0.495 e. The Kier molecular flexibility index (Phi) is 5.74. The number of rotatable bonds is 5. The number of piperidine rings is 1. The van der Waals surface area contributed by atoms with Crippen molar-refractivity contribution < 1.29 is 14.3 Å². The topological polar surface area (TPSA) is 89.3 Å². The van der Waals surface area contributed by atoms with E-state index in [0.29, 0.717) is 30.0 Å². The Hall–Kier alpha value is -3.68. The van der Waals surface area contributed by atoms with E-state index in [9.17, 15) is 9.59 Å². The summed E-state index contributed by atoms with van der Waals surface area (Å²) in [5.74, 6) is 0.191. The van der Waals surface area contributed by atoms with E-state index in [2.05, 4.69) is 15.5 Å². The molecule has 2 heterocycles. The average molecular weight is 405 g/mol. The third-order valence-electron chi connectivity index (χ3n) is 5.24. The number of likely N-dealkylation sites (tertiary alicyclic amines) is 1. The predicted molar refractivity (Wildman–Crippen MR) is 112 cm³/mol. The molecule has 0 spiro atoms. The first-order valence-corrected chi connectivity index (χ1v) is 9.87. The number of nitrogens with one attached hydrogen (secondary N) is 1. The smallest absolute Gasteiger partial charge is 0.254 e. The number of aromatic nitrogens is 3. The number of benzene rings is 2. The molecule has 1 N–H and O–H groups in total. The van der Waals surface area contributed by atoms with E-state index in [0.717, 1.165) is 18.5 Å². The van der Waals surface area contributed by atoms with Crippen LogP contribution in [0.2, 0.25) is 0 Å². The van der Waals surface area contributed by atoms with Gasteiger partial charge < -0.3 is 15.0 Å². The van der Waals surface area contributed by atoms with Gasteiger partial charge in [-0.15, -0.1) is 10.2 Å². The van der Waals surface area contributed by atoms with Crippen LogP contribution in [0.5, 0.6) is 5.75 Å². The molecule has 1 unspecified atom stereocenters. The maximum absolute atomic E-state index is 13.2. The van der Waals surface area contributed by atoms with Crippen LogP contribution in [0, 0.1) is 0 Å². The van der Waals surface area contributed by atoms with Crippen molar-refractivity contribution in [3.63, 3.8) is 0 Å². The van der Waals surface area contributed by atoms with Gasteiger partial charge in [0.25, 0.3) is 5.91 Å². The van der Waals surface area contributed by atoms with Gasteiger partial charge in [-0.1, -0.05) is 18.2 Å². The highest BCUT2D eigenvalue weighted by atomic mass is 16.5. The normalized spacial score (nSPS) is 16.2. The van der Waals surface area contributed by atoms with Gasteiger partial charge in [0, 0.05) is 12.1 Å². The SMILES string of the molecule is COc1ccc(-n2cnnc2)cc1NC(=O)C1CCCCN1C(=O)c1ccccc1. The summed E-state index contributed by atoms with van der Waals surface area (Å²) >= 11 is 0. The second-order valence-electron chi connectivity index (χ2n) is 7.12. The standard InChI is InChI=1S/C22H23N5O3/c1-30-20-11-10-17(26-14-23-24-15-26)13-18(20)25-21(28)19-9-5-6-12-27(19)22(29)16-7-3-2-4-8-16/h2-4,7-8,10-11,13-15,19H,5-6,9,12H2,1H3,(H,25,28). The molecule has 0 saturated carbocycles. The van der Waals surface area contributed by atoms with Crippen molar-refractivity contribution in [3.8, 4) is 11.4 Å². The molecule has 1 saturated heterocycles. The number of carbonyl (C=O) groups is 2. The molecule has 1 atom stereocenters. The van der Waals surface area contributed by atoms with Crippen LogP contribution in [0.3, 0.4) is 0 Å². The van der Waals surface area contributed by atoms with Crippen LogP contribution in [0.25, 0.3) is 5.69 Å². The van der Waals surface area contributed by atoms with Crippen molar-refractivity contribution in [1.29, 1.82) is 0 Å². The minimum Gasteiger partial charge on any atom is -0.495 e. The van der Waals surface area contributed by atoms with Crippen LogP contribution in [0.15, 0.2) is 61.2 Å². The van der Waals surface area contributed by atoms with Crippen molar-refractivity contribution in [2.75, 3.05) is 19.0 Å². The summed E-state index contributed by atoms with van der Waals surface area (Å²) in [7, 11) is 1.55. The van der Waals surface area contributed by atoms with Crippen LogP contribution in [-0.4, -0.2) is 51.2 Å². The van der Waals surface area contributed by atoms with E-state index < -0.39 is 6.04 Å². The van der Waals surface area contributed by atoms with Crippen LogP contribution < -0.4 is 10.1 Å². The summed E-state index contributed by atoms with van der Waals surface area (Å²) in [6.45, 7) is 0.559. The van der Waals surface area contributed by atoms with E-state index in [4.69, 9.17) is 4.74 Å². The van der Waals surface area contributed by atoms with Crippen LogP contribution in [0.1, 0.15) is 29.6 Å². The van der Waals surface area contributed by atoms with Crippen molar-refractivity contribution in [2.24, 2.45) is 0 Å². The van der Waals surface area contributed by atoms with E-state index in [1.165, 1.54) is 0 Å². The maximum Gasteiger partial charge on any atom is 0.254 e. The van der Waals surface area contributed by atoms with Crippen LogP contribution >= 0.6 is 0 Å². The maximum atomic E-state index is 13.2. The van der Waals surface area contributed by atoms with Gasteiger partial charge in [0.05, 0.1) is 18.5 Å². The quantitative estimate of drug-likeness (QED) is 0.705. The van der Waals surface area contributed by atoms with Crippen LogP contribution in [-0.2, 0) is 4.79 Å². The third kappa shape index (κ3) is 4.03. The van der Waals surface area contributed by atoms with Gasteiger partial charge in [0.15, 0.2) is 0 Å². The van der Waals surface area contributed by atoms with Crippen LogP contribution in [0.4, 0.5) is 5.69 Å². The first-order valence-electron chi connectivity index (χ1n) is 9.87. The summed E-state index contributed by atoms with van der Waals surface area (Å²) in [6, 6.07) is 14.0. The number of methoxy groups -OCH3 is 1. The Labute approximate surface area is 174 Å². The molecule has 8 heteroatoms. The Morgan fingerprint density at radius 2 is 1.83 bits per heavy atom. The molecule has 0 bridgehead atoms. The highest BCUT2D eigenvalue weighted by Gasteiger charge is 2.33. The molecule has 8 nitrogen and oxygen atoms in total. The fourth-order valence-electron chi connectivity index (χ4n) is 3.70.